The molecule has 206 valence electrons. The fraction of sp³-hybridized carbons (Fsp3) is 0.459. The molecule has 1 saturated carbocycles. The maximum absolute atomic E-state index is 4.12. The van der Waals surface area contributed by atoms with E-state index in [-0.39, 0.29) is 0 Å². The lowest BCUT2D eigenvalue weighted by atomic mass is 9.96. The van der Waals surface area contributed by atoms with Gasteiger partial charge >= 0.3 is 0 Å². The minimum Gasteiger partial charge on any atom is -0.376 e. The molecule has 3 rings (SSSR count). The second-order valence-electron chi connectivity index (χ2n) is 11.0. The minimum absolute atomic E-state index is 0.867. The molecule has 1 aliphatic carbocycles. The van der Waals surface area contributed by atoms with Gasteiger partial charge in [0.25, 0.3) is 0 Å². The molecule has 0 unspecified atom stereocenters. The highest BCUT2D eigenvalue weighted by Gasteiger charge is 2.10. The Morgan fingerprint density at radius 3 is 2.26 bits per heavy atom. The summed E-state index contributed by atoms with van der Waals surface area (Å²) in [5.41, 5.74) is 8.49. The summed E-state index contributed by atoms with van der Waals surface area (Å²) < 4.78 is 0. The number of benzene rings is 2. The van der Waals surface area contributed by atoms with Gasteiger partial charge in [-0.1, -0.05) is 145 Å². The predicted molar refractivity (Wildman–Crippen MR) is 173 cm³/mol. The number of hydrogen-bond acceptors (Lipinski definition) is 1. The maximum Gasteiger partial charge on any atom is 0.0420 e. The molecule has 0 aromatic heterocycles. The first kappa shape index (κ1) is 31.4. The maximum atomic E-state index is 4.12. The lowest BCUT2D eigenvalue weighted by Gasteiger charge is -2.17. The first-order valence-corrected chi connectivity index (χ1v) is 15.0. The Hall–Kier alpha value is -2.80. The van der Waals surface area contributed by atoms with Gasteiger partial charge < -0.3 is 4.90 Å². The van der Waals surface area contributed by atoms with Crippen molar-refractivity contribution >= 4 is 23.8 Å². The molecular weight excluding hydrogens is 458 g/mol. The van der Waals surface area contributed by atoms with Crippen LogP contribution in [0.15, 0.2) is 62.3 Å². The summed E-state index contributed by atoms with van der Waals surface area (Å²) >= 11 is 0. The van der Waals surface area contributed by atoms with Crippen LogP contribution >= 0.6 is 0 Å². The second-order valence-corrected chi connectivity index (χ2v) is 11.0. The van der Waals surface area contributed by atoms with E-state index in [0.717, 1.165) is 30.0 Å². The van der Waals surface area contributed by atoms with E-state index in [0.29, 0.717) is 0 Å². The van der Waals surface area contributed by atoms with Crippen LogP contribution < -0.4 is 0 Å². The molecule has 2 aromatic rings. The molecule has 38 heavy (non-hydrogen) atoms. The zero-order valence-corrected chi connectivity index (χ0v) is 24.9. The van der Waals surface area contributed by atoms with E-state index < -0.39 is 0 Å². The third-order valence-corrected chi connectivity index (χ3v) is 7.65. The first-order valence-electron chi connectivity index (χ1n) is 15.0. The van der Waals surface area contributed by atoms with E-state index >= 15 is 0 Å². The van der Waals surface area contributed by atoms with Crippen LogP contribution in [0.1, 0.15) is 118 Å². The van der Waals surface area contributed by atoms with Gasteiger partial charge in [-0.25, -0.2) is 0 Å². The number of unbranched alkanes of at least 4 members (excludes halogenated alkanes) is 1. The molecule has 0 aliphatic heterocycles. The zero-order chi connectivity index (χ0) is 27.8. The Labute approximate surface area is 235 Å². The number of hydrogen-bond donors (Lipinski definition) is 0. The monoisotopic (exact) mass is 511 g/mol. The van der Waals surface area contributed by atoms with Gasteiger partial charge in [0, 0.05) is 13.6 Å². The molecule has 0 spiro atoms. The zero-order valence-electron chi connectivity index (χ0n) is 24.9. The van der Waals surface area contributed by atoms with Crippen molar-refractivity contribution in [3.63, 3.8) is 0 Å². The van der Waals surface area contributed by atoms with E-state index in [4.69, 9.17) is 0 Å². The molecule has 1 heteroatoms. The first-order chi connectivity index (χ1) is 18.4. The summed E-state index contributed by atoms with van der Waals surface area (Å²) in [5.74, 6) is 1.09. The van der Waals surface area contributed by atoms with E-state index in [1.807, 2.05) is 19.1 Å². The fourth-order valence-corrected chi connectivity index (χ4v) is 5.46. The summed E-state index contributed by atoms with van der Waals surface area (Å²) in [4.78, 5) is 2.22. The Kier molecular flexibility index (Phi) is 14.6. The van der Waals surface area contributed by atoms with E-state index in [1.165, 1.54) is 92.0 Å². The number of nitrogens with zero attached hydrogens (tertiary/aromatic N) is 1. The average Bonchev–Trinajstić information content (AvgIpc) is 3.20. The van der Waals surface area contributed by atoms with Crippen LogP contribution in [0.5, 0.6) is 0 Å². The Balaban J connectivity index is 0.000000423. The van der Waals surface area contributed by atoms with Crippen molar-refractivity contribution in [1.29, 1.82) is 0 Å². The molecule has 0 N–H and O–H groups in total. The van der Waals surface area contributed by atoms with Gasteiger partial charge in [0.1, 0.15) is 0 Å². The normalized spacial score (nSPS) is 13.9. The van der Waals surface area contributed by atoms with E-state index in [2.05, 4.69) is 94.2 Å². The van der Waals surface area contributed by atoms with Crippen LogP contribution in [0.25, 0.3) is 23.8 Å². The summed E-state index contributed by atoms with van der Waals surface area (Å²) in [6.07, 6.45) is 23.6. The summed E-state index contributed by atoms with van der Waals surface area (Å²) in [5, 5.41) is 0. The van der Waals surface area contributed by atoms with Gasteiger partial charge in [-0.3, -0.25) is 0 Å². The Morgan fingerprint density at radius 2 is 1.66 bits per heavy atom. The van der Waals surface area contributed by atoms with Gasteiger partial charge in [-0.05, 0) is 71.3 Å². The van der Waals surface area contributed by atoms with Crippen LogP contribution in [0.2, 0.25) is 0 Å². The lowest BCUT2D eigenvalue weighted by Crippen LogP contribution is -2.10. The third-order valence-electron chi connectivity index (χ3n) is 7.65. The molecule has 1 fully saturated rings. The van der Waals surface area contributed by atoms with Gasteiger partial charge in [0.2, 0.25) is 0 Å². The van der Waals surface area contributed by atoms with Crippen LogP contribution in [0.3, 0.4) is 0 Å². The molecule has 2 aromatic carbocycles. The van der Waals surface area contributed by atoms with Gasteiger partial charge in [-0.2, -0.15) is 0 Å². The number of allylic oxidation sites excluding steroid dienone is 1. The molecule has 0 atom stereocenters. The van der Waals surface area contributed by atoms with Crippen LogP contribution in [0, 0.1) is 5.92 Å². The third kappa shape index (κ3) is 10.5. The van der Waals surface area contributed by atoms with E-state index in [1.54, 1.807) is 0 Å². The minimum atomic E-state index is 0.867. The summed E-state index contributed by atoms with van der Waals surface area (Å²) in [7, 11) is 2.11. The molecule has 0 amide bonds. The highest BCUT2D eigenvalue weighted by molar-refractivity contribution is 5.77. The smallest absolute Gasteiger partial charge is 0.0420 e. The highest BCUT2D eigenvalue weighted by Crippen LogP contribution is 2.26. The molecular formula is C37H53N. The quantitative estimate of drug-likeness (QED) is 0.256. The summed E-state index contributed by atoms with van der Waals surface area (Å²) in [6, 6.07) is 13.0. The Bertz CT molecular complexity index is 1030. The highest BCUT2D eigenvalue weighted by atomic mass is 15.1. The van der Waals surface area contributed by atoms with Gasteiger partial charge in [-0.15, -0.1) is 0 Å². The fourth-order valence-electron chi connectivity index (χ4n) is 5.46. The molecule has 0 bridgehead atoms. The number of rotatable bonds is 12. The largest absolute Gasteiger partial charge is 0.376 e. The standard InChI is InChI=1S/C27H33N.C10H20/c1-7-10-12-25-19-22(15-16-23(25)8-2)20-28(6)18-17-27-24(9-3)13-11-14-26(27)21(4)5;1-2-7-10-8-5-3-4-6-9-10/h8-9,11,13-19H,2-4,7,10,12,20H2,1,5-6H3;10H,2-9H2,1H3/b18-17-;. The second kappa shape index (κ2) is 17.7. The summed E-state index contributed by atoms with van der Waals surface area (Å²) in [6.45, 7) is 19.5. The number of aryl methyl sites for hydroxylation is 1. The van der Waals surface area contributed by atoms with Crippen LogP contribution in [-0.4, -0.2) is 11.9 Å². The van der Waals surface area contributed by atoms with Crippen molar-refractivity contribution in [2.45, 2.75) is 97.9 Å². The molecule has 0 heterocycles. The van der Waals surface area contributed by atoms with Crippen molar-refractivity contribution < 1.29 is 0 Å². The van der Waals surface area contributed by atoms with Crippen molar-refractivity contribution in [2.75, 3.05) is 7.05 Å². The van der Waals surface area contributed by atoms with Crippen molar-refractivity contribution in [3.8, 4) is 0 Å². The average molecular weight is 512 g/mol. The molecule has 0 saturated heterocycles. The van der Waals surface area contributed by atoms with Gasteiger partial charge in [0.15, 0.2) is 0 Å². The van der Waals surface area contributed by atoms with Crippen molar-refractivity contribution in [1.82, 2.24) is 4.90 Å². The predicted octanol–water partition coefficient (Wildman–Crippen LogP) is 11.2. The van der Waals surface area contributed by atoms with Gasteiger partial charge in [0.05, 0.1) is 0 Å². The molecule has 1 aliphatic rings. The SMILES string of the molecule is C=Cc1ccc(CN(C)/C=C\c2c(C=C)cccc2C(=C)C)cc1CCCC.CCCC1CCCCCC1. The molecule has 1 nitrogen and oxygen atoms in total. The van der Waals surface area contributed by atoms with E-state index in [9.17, 15) is 0 Å². The molecule has 0 radical (unpaired) electrons. The van der Waals surface area contributed by atoms with Crippen LogP contribution in [-0.2, 0) is 13.0 Å². The Morgan fingerprint density at radius 1 is 0.947 bits per heavy atom. The lowest BCUT2D eigenvalue weighted by molar-refractivity contribution is 0.424. The van der Waals surface area contributed by atoms with Crippen LogP contribution in [0.4, 0.5) is 0 Å². The van der Waals surface area contributed by atoms with Crippen molar-refractivity contribution in [3.05, 3.63) is 95.7 Å². The topological polar surface area (TPSA) is 3.24 Å². The van der Waals surface area contributed by atoms with Crippen molar-refractivity contribution in [2.24, 2.45) is 5.92 Å².